The van der Waals surface area contributed by atoms with Gasteiger partial charge in [0.25, 0.3) is 5.91 Å². The Balaban J connectivity index is 1.33. The zero-order valence-corrected chi connectivity index (χ0v) is 20.2. The summed E-state index contributed by atoms with van der Waals surface area (Å²) in [6, 6.07) is 11.0. The first-order valence-corrected chi connectivity index (χ1v) is 12.3. The number of carbonyl (C=O) groups is 2. The van der Waals surface area contributed by atoms with E-state index in [0.29, 0.717) is 60.9 Å². The van der Waals surface area contributed by atoms with Gasteiger partial charge in [-0.15, -0.1) is 0 Å². The highest BCUT2D eigenvalue weighted by molar-refractivity contribution is 6.31. The number of Topliss-reactive ketones (excluding diaryl/α,β-unsaturated/α-hetero) is 1. The number of benzene rings is 2. The number of piperidine rings is 1. The number of ether oxygens (including phenoxy) is 2. The number of unbranched alkanes of at least 4 members (excludes halogenated alkanes) is 3. The molecule has 2 aliphatic heterocycles. The first-order chi connectivity index (χ1) is 15.9. The minimum atomic E-state index is -0.545. The van der Waals surface area contributed by atoms with E-state index in [2.05, 4.69) is 6.92 Å². The summed E-state index contributed by atoms with van der Waals surface area (Å²) in [7, 11) is 0. The van der Waals surface area contributed by atoms with E-state index in [1.54, 1.807) is 6.07 Å². The molecule has 1 saturated heterocycles. The fraction of sp³-hybridized carbons (Fsp3) is 0.481. The topological polar surface area (TPSA) is 55.8 Å². The Morgan fingerprint density at radius 2 is 1.85 bits per heavy atom. The largest absolute Gasteiger partial charge is 0.494 e. The Morgan fingerprint density at radius 1 is 1.12 bits per heavy atom. The number of halogens is 1. The lowest BCUT2D eigenvalue weighted by Crippen LogP contribution is -2.52. The number of hydrogen-bond acceptors (Lipinski definition) is 4. The number of hydrogen-bond donors (Lipinski definition) is 0. The average Bonchev–Trinajstić information content (AvgIpc) is 2.81. The molecule has 2 heterocycles. The summed E-state index contributed by atoms with van der Waals surface area (Å²) in [6.07, 6.45) is 6.25. The molecule has 2 aliphatic rings. The molecular formula is C27H32ClNO4. The quantitative estimate of drug-likeness (QED) is 0.450. The van der Waals surface area contributed by atoms with Crippen LogP contribution in [0, 0.1) is 6.92 Å². The van der Waals surface area contributed by atoms with Crippen LogP contribution in [0.1, 0.15) is 78.1 Å². The van der Waals surface area contributed by atoms with E-state index in [1.165, 1.54) is 19.3 Å². The number of ketones is 1. The Hall–Kier alpha value is -2.53. The van der Waals surface area contributed by atoms with Gasteiger partial charge in [0.2, 0.25) is 0 Å². The van der Waals surface area contributed by atoms with Crippen molar-refractivity contribution in [1.29, 1.82) is 0 Å². The number of carbonyl (C=O) groups excluding carboxylic acids is 2. The van der Waals surface area contributed by atoms with Crippen molar-refractivity contribution in [1.82, 2.24) is 4.90 Å². The summed E-state index contributed by atoms with van der Waals surface area (Å²) in [4.78, 5) is 27.7. The van der Waals surface area contributed by atoms with Crippen LogP contribution < -0.4 is 9.47 Å². The third kappa shape index (κ3) is 5.35. The van der Waals surface area contributed by atoms with Gasteiger partial charge in [-0.2, -0.15) is 0 Å². The second kappa shape index (κ2) is 10.2. The summed E-state index contributed by atoms with van der Waals surface area (Å²) in [5.74, 6) is 1.47. The average molecular weight is 470 g/mol. The van der Waals surface area contributed by atoms with Crippen molar-refractivity contribution in [3.8, 4) is 11.5 Å². The van der Waals surface area contributed by atoms with Gasteiger partial charge in [-0.25, -0.2) is 0 Å². The minimum absolute atomic E-state index is 0.00417. The molecule has 6 heteroatoms. The molecule has 4 rings (SSSR count). The number of amides is 1. The number of likely N-dealkylation sites (tertiary alicyclic amines) is 1. The van der Waals surface area contributed by atoms with Crippen LogP contribution in [0.2, 0.25) is 5.02 Å². The van der Waals surface area contributed by atoms with Crippen LogP contribution in [-0.4, -0.2) is 41.9 Å². The summed E-state index contributed by atoms with van der Waals surface area (Å²) >= 11 is 6.19. The molecule has 0 bridgehead atoms. The maximum atomic E-state index is 13.0. The summed E-state index contributed by atoms with van der Waals surface area (Å²) < 4.78 is 12.1. The van der Waals surface area contributed by atoms with Crippen LogP contribution >= 0.6 is 11.6 Å². The molecule has 1 spiro atoms. The minimum Gasteiger partial charge on any atom is -0.494 e. The van der Waals surface area contributed by atoms with Crippen LogP contribution in [0.15, 0.2) is 36.4 Å². The Bertz CT molecular complexity index is 1010. The zero-order chi connectivity index (χ0) is 23.4. The predicted molar refractivity (Wildman–Crippen MR) is 130 cm³/mol. The molecule has 0 radical (unpaired) electrons. The van der Waals surface area contributed by atoms with Crippen molar-refractivity contribution in [3.63, 3.8) is 0 Å². The normalized spacial score (nSPS) is 16.9. The highest BCUT2D eigenvalue weighted by Crippen LogP contribution is 2.41. The SMILES string of the molecule is CCCCCCOc1ccc(C(=O)N2CCC3(CC2)CC(=O)c2cc(Cl)c(C)cc2O3)cc1. The molecule has 2 aromatic rings. The van der Waals surface area contributed by atoms with E-state index in [0.717, 1.165) is 17.7 Å². The molecule has 0 aromatic heterocycles. The van der Waals surface area contributed by atoms with Gasteiger partial charge >= 0.3 is 0 Å². The standard InChI is InChI=1S/C27H32ClNO4/c1-3-4-5-6-15-32-21-9-7-20(8-10-21)26(31)29-13-11-27(12-14-29)18-24(30)22-17-23(28)19(2)16-25(22)33-27/h7-10,16-17H,3-6,11-15,18H2,1-2H3. The number of aryl methyl sites for hydroxylation is 1. The van der Waals surface area contributed by atoms with Crippen LogP contribution in [-0.2, 0) is 0 Å². The molecule has 176 valence electrons. The Morgan fingerprint density at radius 3 is 2.55 bits per heavy atom. The van der Waals surface area contributed by atoms with Crippen LogP contribution in [0.4, 0.5) is 0 Å². The van der Waals surface area contributed by atoms with Crippen molar-refractivity contribution >= 4 is 23.3 Å². The molecule has 1 amide bonds. The maximum Gasteiger partial charge on any atom is 0.253 e. The van der Waals surface area contributed by atoms with E-state index in [1.807, 2.05) is 42.2 Å². The highest BCUT2D eigenvalue weighted by atomic mass is 35.5. The molecule has 0 N–H and O–H groups in total. The molecule has 1 fully saturated rings. The molecule has 2 aromatic carbocycles. The van der Waals surface area contributed by atoms with Crippen LogP contribution in [0.3, 0.4) is 0 Å². The number of nitrogens with zero attached hydrogens (tertiary/aromatic N) is 1. The van der Waals surface area contributed by atoms with E-state index in [4.69, 9.17) is 21.1 Å². The fourth-order valence-electron chi connectivity index (χ4n) is 4.61. The van der Waals surface area contributed by atoms with Crippen molar-refractivity contribution in [2.24, 2.45) is 0 Å². The first-order valence-electron chi connectivity index (χ1n) is 12.0. The van der Waals surface area contributed by atoms with Gasteiger partial charge in [0.05, 0.1) is 18.6 Å². The molecule has 0 unspecified atom stereocenters. The van der Waals surface area contributed by atoms with E-state index < -0.39 is 5.60 Å². The fourth-order valence-corrected chi connectivity index (χ4v) is 4.77. The summed E-state index contributed by atoms with van der Waals surface area (Å²) in [5, 5.41) is 0.579. The lowest BCUT2D eigenvalue weighted by Gasteiger charge is -2.44. The van der Waals surface area contributed by atoms with Crippen molar-refractivity contribution in [2.75, 3.05) is 19.7 Å². The molecule has 5 nitrogen and oxygen atoms in total. The lowest BCUT2D eigenvalue weighted by atomic mass is 9.82. The second-order valence-electron chi connectivity index (χ2n) is 9.21. The predicted octanol–water partition coefficient (Wildman–Crippen LogP) is 6.25. The van der Waals surface area contributed by atoms with Gasteiger partial charge in [0.15, 0.2) is 5.78 Å². The van der Waals surface area contributed by atoms with E-state index in [-0.39, 0.29) is 11.7 Å². The second-order valence-corrected chi connectivity index (χ2v) is 9.62. The lowest BCUT2D eigenvalue weighted by molar-refractivity contribution is -0.00573. The summed E-state index contributed by atoms with van der Waals surface area (Å²) in [5.41, 5.74) is 1.56. The first kappa shape index (κ1) is 23.6. The van der Waals surface area contributed by atoms with Gasteiger partial charge in [-0.3, -0.25) is 9.59 Å². The Kier molecular flexibility index (Phi) is 7.28. The highest BCUT2D eigenvalue weighted by Gasteiger charge is 2.44. The third-order valence-corrected chi connectivity index (χ3v) is 7.11. The Labute approximate surface area is 201 Å². The van der Waals surface area contributed by atoms with Gasteiger partial charge in [-0.05, 0) is 55.3 Å². The van der Waals surface area contributed by atoms with E-state index in [9.17, 15) is 9.59 Å². The van der Waals surface area contributed by atoms with Crippen LogP contribution in [0.5, 0.6) is 11.5 Å². The zero-order valence-electron chi connectivity index (χ0n) is 19.5. The van der Waals surface area contributed by atoms with Gasteiger partial charge in [-0.1, -0.05) is 37.8 Å². The van der Waals surface area contributed by atoms with E-state index >= 15 is 0 Å². The maximum absolute atomic E-state index is 13.0. The third-order valence-electron chi connectivity index (χ3n) is 6.70. The van der Waals surface area contributed by atoms with Gasteiger partial charge in [0, 0.05) is 36.5 Å². The van der Waals surface area contributed by atoms with Gasteiger partial charge < -0.3 is 14.4 Å². The smallest absolute Gasteiger partial charge is 0.253 e. The van der Waals surface area contributed by atoms with Crippen molar-refractivity contribution < 1.29 is 19.1 Å². The molecule has 0 atom stereocenters. The molecular weight excluding hydrogens is 438 g/mol. The van der Waals surface area contributed by atoms with Crippen molar-refractivity contribution in [2.45, 2.75) is 64.4 Å². The van der Waals surface area contributed by atoms with Crippen LogP contribution in [0.25, 0.3) is 0 Å². The monoisotopic (exact) mass is 469 g/mol. The van der Waals surface area contributed by atoms with Crippen molar-refractivity contribution in [3.05, 3.63) is 58.1 Å². The van der Waals surface area contributed by atoms with Gasteiger partial charge in [0.1, 0.15) is 17.1 Å². The molecule has 0 aliphatic carbocycles. The molecule has 33 heavy (non-hydrogen) atoms. The number of rotatable bonds is 7. The number of fused-ring (bicyclic) bond motifs is 1. The molecule has 0 saturated carbocycles. The summed E-state index contributed by atoms with van der Waals surface area (Å²) in [6.45, 7) is 5.92.